The van der Waals surface area contributed by atoms with Crippen molar-refractivity contribution >= 4 is 35.0 Å². The third-order valence-electron chi connectivity index (χ3n) is 5.31. The van der Waals surface area contributed by atoms with Crippen molar-refractivity contribution in [1.29, 1.82) is 5.41 Å². The van der Waals surface area contributed by atoms with Crippen LogP contribution in [0.1, 0.15) is 30.7 Å². The number of aromatic nitrogens is 1. The van der Waals surface area contributed by atoms with Gasteiger partial charge in [-0.05, 0) is 37.1 Å². The predicted octanol–water partition coefficient (Wildman–Crippen LogP) is 2.54. The zero-order valence-corrected chi connectivity index (χ0v) is 21.6. The Kier molecular flexibility index (Phi) is 8.98. The Morgan fingerprint density at radius 2 is 1.87 bits per heavy atom. The van der Waals surface area contributed by atoms with Crippen LogP contribution in [0.4, 0.5) is 5.69 Å². The number of rotatable bonds is 10. The van der Waals surface area contributed by atoms with E-state index in [4.69, 9.17) is 38.3 Å². The summed E-state index contributed by atoms with van der Waals surface area (Å²) in [5.74, 6) is -1.44. The highest BCUT2D eigenvalue weighted by molar-refractivity contribution is 6.33. The molecule has 1 heterocycles. The minimum absolute atomic E-state index is 0.0535. The Balaban J connectivity index is 1.99. The normalized spacial score (nSPS) is 11.4. The quantitative estimate of drug-likeness (QED) is 0.0985. The lowest BCUT2D eigenvalue weighted by Crippen LogP contribution is -2.30. The number of aliphatic carboxylic acids is 1. The summed E-state index contributed by atoms with van der Waals surface area (Å²) in [6.07, 6.45) is -0.265. The van der Waals surface area contributed by atoms with Gasteiger partial charge in [-0.3, -0.25) is 15.2 Å². The number of carbonyl (C=O) groups excluding carboxylic acids is 1. The maximum Gasteiger partial charge on any atom is 0.341 e. The molecule has 200 valence electrons. The molecular formula is C26H29ClN6O5. The van der Waals surface area contributed by atoms with Crippen LogP contribution in [-0.2, 0) is 22.6 Å². The van der Waals surface area contributed by atoms with Gasteiger partial charge in [-0.1, -0.05) is 35.9 Å². The van der Waals surface area contributed by atoms with Gasteiger partial charge in [-0.15, -0.1) is 0 Å². The van der Waals surface area contributed by atoms with Gasteiger partial charge >= 0.3 is 5.97 Å². The molecule has 11 nitrogen and oxygen atoms in total. The number of anilines is 1. The topological polar surface area (TPSA) is 189 Å². The Hall–Kier alpha value is -4.51. The molecule has 0 spiro atoms. The summed E-state index contributed by atoms with van der Waals surface area (Å²) in [7, 11) is 0. The molecule has 38 heavy (non-hydrogen) atoms. The van der Waals surface area contributed by atoms with Crippen molar-refractivity contribution in [2.75, 3.05) is 12.3 Å². The number of nitrogens with one attached hydrogen (secondary N) is 2. The van der Waals surface area contributed by atoms with Crippen LogP contribution in [0.25, 0.3) is 11.1 Å². The summed E-state index contributed by atoms with van der Waals surface area (Å²) in [4.78, 5) is 28.3. The van der Waals surface area contributed by atoms with Gasteiger partial charge < -0.3 is 31.8 Å². The number of carboxylic acid groups (broad SMARTS) is 1. The summed E-state index contributed by atoms with van der Waals surface area (Å²) in [5.41, 5.74) is 14.2. The summed E-state index contributed by atoms with van der Waals surface area (Å²) in [5, 5.41) is 30.5. The lowest BCUT2D eigenvalue weighted by molar-refractivity contribution is -0.139. The van der Waals surface area contributed by atoms with Crippen molar-refractivity contribution in [3.63, 3.8) is 0 Å². The Morgan fingerprint density at radius 1 is 1.18 bits per heavy atom. The minimum Gasteiger partial charge on any atom is -0.482 e. The molecular weight excluding hydrogens is 512 g/mol. The molecule has 0 bridgehead atoms. The molecule has 0 fully saturated rings. The number of benzene rings is 2. The van der Waals surface area contributed by atoms with Gasteiger partial charge in [0.15, 0.2) is 12.1 Å². The maximum absolute atomic E-state index is 13.0. The first-order valence-electron chi connectivity index (χ1n) is 11.6. The summed E-state index contributed by atoms with van der Waals surface area (Å²) in [6.45, 7) is 3.28. The summed E-state index contributed by atoms with van der Waals surface area (Å²) >= 11 is 6.63. The van der Waals surface area contributed by atoms with Gasteiger partial charge in [-0.2, -0.15) is 4.73 Å². The average Bonchev–Trinajstić information content (AvgIpc) is 2.84. The van der Waals surface area contributed by atoms with E-state index in [-0.39, 0.29) is 52.5 Å². The van der Waals surface area contributed by atoms with Gasteiger partial charge in [0, 0.05) is 41.5 Å². The Bertz CT molecular complexity index is 1430. The lowest BCUT2D eigenvalue weighted by Gasteiger charge is -2.17. The molecule has 0 saturated carbocycles. The van der Waals surface area contributed by atoms with Crippen LogP contribution >= 0.6 is 11.6 Å². The number of pyridine rings is 1. The SMILES string of the molecule is CC(C)N=c1cc(Cl)c(-c2cc(N)cc(OCC(=O)O)c2)c(CC(=O)NCc2ccc(C(=N)N)cc2)n1O. The molecule has 0 atom stereocenters. The molecule has 0 saturated heterocycles. The molecule has 0 unspecified atom stereocenters. The van der Waals surface area contributed by atoms with Crippen LogP contribution < -0.4 is 27.0 Å². The van der Waals surface area contributed by atoms with E-state index in [1.807, 2.05) is 13.8 Å². The number of carbonyl (C=O) groups is 2. The zero-order chi connectivity index (χ0) is 28.0. The summed E-state index contributed by atoms with van der Waals surface area (Å²) < 4.78 is 6.09. The molecule has 12 heteroatoms. The number of amides is 1. The number of nitrogens with two attached hydrogens (primary N) is 2. The number of nitrogen functional groups attached to an aromatic ring is 2. The standard InChI is InChI=1S/C26H29ClN6O5/c1-14(2)32-22-10-20(27)25(17-7-18(28)9-19(8-17)38-13-24(35)36)21(33(22)37)11-23(34)31-12-15-3-5-16(6-4-15)26(29)30/h3-10,14,37H,11-13,28H2,1-2H3,(H3,29,30)(H,31,34)(H,35,36). The van der Waals surface area contributed by atoms with Crippen LogP contribution in [0.5, 0.6) is 5.75 Å². The number of ether oxygens (including phenoxy) is 1. The first kappa shape index (κ1) is 28.1. The highest BCUT2D eigenvalue weighted by Gasteiger charge is 2.20. The van der Waals surface area contributed by atoms with Gasteiger partial charge in [0.1, 0.15) is 11.6 Å². The van der Waals surface area contributed by atoms with Crippen molar-refractivity contribution < 1.29 is 24.6 Å². The van der Waals surface area contributed by atoms with Crippen LogP contribution in [0, 0.1) is 5.41 Å². The molecule has 0 aliphatic carbocycles. The third-order valence-corrected chi connectivity index (χ3v) is 5.61. The van der Waals surface area contributed by atoms with E-state index in [0.717, 1.165) is 10.3 Å². The summed E-state index contributed by atoms with van der Waals surface area (Å²) in [6, 6.07) is 12.7. The predicted molar refractivity (Wildman–Crippen MR) is 143 cm³/mol. The molecule has 3 rings (SSSR count). The van der Waals surface area contributed by atoms with Crippen LogP contribution in [0.2, 0.25) is 5.02 Å². The molecule has 1 aromatic heterocycles. The molecule has 2 aromatic carbocycles. The number of carboxylic acids is 1. The monoisotopic (exact) mass is 540 g/mol. The average molecular weight is 541 g/mol. The van der Waals surface area contributed by atoms with E-state index in [1.54, 1.807) is 30.3 Å². The minimum atomic E-state index is -1.16. The third kappa shape index (κ3) is 7.26. The largest absolute Gasteiger partial charge is 0.482 e. The fourth-order valence-electron chi connectivity index (χ4n) is 3.67. The van der Waals surface area contributed by atoms with Gasteiger partial charge in [0.2, 0.25) is 5.91 Å². The number of hydrogen-bond donors (Lipinski definition) is 6. The van der Waals surface area contributed by atoms with Crippen molar-refractivity contribution in [2.45, 2.75) is 32.9 Å². The van der Waals surface area contributed by atoms with E-state index in [9.17, 15) is 14.8 Å². The van der Waals surface area contributed by atoms with E-state index in [0.29, 0.717) is 16.7 Å². The first-order valence-corrected chi connectivity index (χ1v) is 12.0. The first-order chi connectivity index (χ1) is 17.9. The van der Waals surface area contributed by atoms with Crippen LogP contribution in [0.3, 0.4) is 0 Å². The highest BCUT2D eigenvalue weighted by Crippen LogP contribution is 2.34. The number of nitrogens with zero attached hydrogens (tertiary/aromatic N) is 2. The molecule has 8 N–H and O–H groups in total. The van der Waals surface area contributed by atoms with Crippen molar-refractivity contribution in [1.82, 2.24) is 10.0 Å². The molecule has 0 aliphatic heterocycles. The van der Waals surface area contributed by atoms with E-state index in [1.165, 1.54) is 18.2 Å². The smallest absolute Gasteiger partial charge is 0.341 e. The van der Waals surface area contributed by atoms with Crippen molar-refractivity contribution in [3.05, 3.63) is 75.9 Å². The maximum atomic E-state index is 13.0. The van der Waals surface area contributed by atoms with Gasteiger partial charge in [-0.25, -0.2) is 4.79 Å². The second-order valence-corrected chi connectivity index (χ2v) is 9.15. The Morgan fingerprint density at radius 3 is 2.47 bits per heavy atom. The van der Waals surface area contributed by atoms with Crippen LogP contribution in [-0.4, -0.2) is 45.4 Å². The number of hydrogen-bond acceptors (Lipinski definition) is 7. The fraction of sp³-hybridized carbons (Fsp3) is 0.231. The highest BCUT2D eigenvalue weighted by atomic mass is 35.5. The fourth-order valence-corrected chi connectivity index (χ4v) is 3.98. The van der Waals surface area contributed by atoms with E-state index < -0.39 is 18.5 Å². The van der Waals surface area contributed by atoms with Gasteiger partial charge in [0.25, 0.3) is 0 Å². The van der Waals surface area contributed by atoms with E-state index >= 15 is 0 Å². The Labute approximate surface area is 223 Å². The molecule has 3 aromatic rings. The van der Waals surface area contributed by atoms with Crippen LogP contribution in [0.15, 0.2) is 53.5 Å². The number of amidine groups is 1. The van der Waals surface area contributed by atoms with Gasteiger partial charge in [0.05, 0.1) is 17.1 Å². The number of halogens is 1. The molecule has 1 amide bonds. The zero-order valence-electron chi connectivity index (χ0n) is 20.9. The molecule has 0 aliphatic rings. The lowest BCUT2D eigenvalue weighted by atomic mass is 10.0. The van der Waals surface area contributed by atoms with Crippen molar-refractivity contribution in [3.8, 4) is 16.9 Å². The van der Waals surface area contributed by atoms with Crippen molar-refractivity contribution in [2.24, 2.45) is 10.7 Å². The van der Waals surface area contributed by atoms with E-state index in [2.05, 4.69) is 10.3 Å². The second-order valence-electron chi connectivity index (χ2n) is 8.74. The molecule has 0 radical (unpaired) electrons. The second kappa shape index (κ2) is 12.2.